The highest BCUT2D eigenvalue weighted by molar-refractivity contribution is 7.89. The third-order valence-corrected chi connectivity index (χ3v) is 8.01. The molecule has 0 bridgehead atoms. The number of nitro benzene ring substituents is 1. The SMILES string of the molecule is Cc1nc2ccc(-c3cccc(S(=O)(=O)NCC[C@@H]4CN(C(=O)O)CCN4)c3[N+](=O)[O-])cc2s1. The summed E-state index contributed by atoms with van der Waals surface area (Å²) >= 11 is 1.45. The molecule has 0 saturated carbocycles. The number of rotatable bonds is 7. The quantitative estimate of drug-likeness (QED) is 0.327. The van der Waals surface area contributed by atoms with Crippen molar-refractivity contribution >= 4 is 43.4 Å². The number of para-hydroxylation sites is 1. The number of carbonyl (C=O) groups is 1. The summed E-state index contributed by atoms with van der Waals surface area (Å²) in [5, 5.41) is 25.1. The zero-order valence-electron chi connectivity index (χ0n) is 18.2. The molecule has 0 radical (unpaired) electrons. The number of nitro groups is 1. The normalized spacial score (nSPS) is 16.6. The number of carboxylic acid groups (broad SMARTS) is 1. The molecule has 2 heterocycles. The molecule has 3 aromatic rings. The Kier molecular flexibility index (Phi) is 6.79. The van der Waals surface area contributed by atoms with Crippen LogP contribution in [0.4, 0.5) is 10.5 Å². The number of nitrogens with zero attached hydrogens (tertiary/aromatic N) is 3. The molecule has 1 aliphatic rings. The van der Waals surface area contributed by atoms with E-state index in [0.29, 0.717) is 25.1 Å². The summed E-state index contributed by atoms with van der Waals surface area (Å²) in [6.45, 7) is 2.95. The monoisotopic (exact) mass is 505 g/mol. The van der Waals surface area contributed by atoms with E-state index in [4.69, 9.17) is 5.11 Å². The summed E-state index contributed by atoms with van der Waals surface area (Å²) in [6.07, 6.45) is -0.691. The van der Waals surface area contributed by atoms with Crippen LogP contribution < -0.4 is 10.0 Å². The average molecular weight is 506 g/mol. The summed E-state index contributed by atoms with van der Waals surface area (Å²) in [7, 11) is -4.19. The zero-order valence-corrected chi connectivity index (χ0v) is 19.9. The van der Waals surface area contributed by atoms with Gasteiger partial charge in [0.1, 0.15) is 0 Å². The van der Waals surface area contributed by atoms with Gasteiger partial charge in [0.25, 0.3) is 5.69 Å². The second-order valence-electron chi connectivity index (χ2n) is 7.89. The van der Waals surface area contributed by atoms with Crippen molar-refractivity contribution in [2.45, 2.75) is 24.3 Å². The maximum absolute atomic E-state index is 13.0. The largest absolute Gasteiger partial charge is 0.465 e. The van der Waals surface area contributed by atoms with E-state index in [0.717, 1.165) is 15.2 Å². The molecule has 4 rings (SSSR count). The number of amides is 1. The first kappa shape index (κ1) is 24.0. The van der Waals surface area contributed by atoms with Crippen LogP contribution in [-0.4, -0.2) is 66.6 Å². The fraction of sp³-hybridized carbons (Fsp3) is 0.333. The van der Waals surface area contributed by atoms with Crippen LogP contribution in [-0.2, 0) is 10.0 Å². The van der Waals surface area contributed by atoms with E-state index in [1.54, 1.807) is 18.2 Å². The van der Waals surface area contributed by atoms with E-state index < -0.39 is 31.6 Å². The van der Waals surface area contributed by atoms with Gasteiger partial charge in [-0.2, -0.15) is 0 Å². The molecular weight excluding hydrogens is 482 g/mol. The third kappa shape index (κ3) is 5.01. The van der Waals surface area contributed by atoms with Crippen LogP contribution in [0.5, 0.6) is 0 Å². The molecule has 1 saturated heterocycles. The number of hydrogen-bond acceptors (Lipinski definition) is 8. The number of fused-ring (bicyclic) bond motifs is 1. The van der Waals surface area contributed by atoms with Crippen LogP contribution in [0.25, 0.3) is 21.3 Å². The third-order valence-electron chi connectivity index (χ3n) is 5.59. The van der Waals surface area contributed by atoms with Gasteiger partial charge in [0.05, 0.1) is 25.7 Å². The number of piperazine rings is 1. The van der Waals surface area contributed by atoms with Gasteiger partial charge in [-0.05, 0) is 43.2 Å². The van der Waals surface area contributed by atoms with E-state index in [9.17, 15) is 23.3 Å². The lowest BCUT2D eigenvalue weighted by atomic mass is 10.0. The van der Waals surface area contributed by atoms with Crippen molar-refractivity contribution < 1.29 is 23.2 Å². The molecule has 0 spiro atoms. The molecular formula is C21H23N5O6S2. The topological polar surface area (TPSA) is 155 Å². The van der Waals surface area contributed by atoms with Crippen molar-refractivity contribution in [3.63, 3.8) is 0 Å². The number of sulfonamides is 1. The van der Waals surface area contributed by atoms with E-state index in [-0.39, 0.29) is 24.7 Å². The fourth-order valence-electron chi connectivity index (χ4n) is 4.01. The molecule has 34 heavy (non-hydrogen) atoms. The van der Waals surface area contributed by atoms with Gasteiger partial charge in [0.15, 0.2) is 4.90 Å². The van der Waals surface area contributed by atoms with Crippen LogP contribution in [0, 0.1) is 17.0 Å². The number of benzene rings is 2. The predicted molar refractivity (Wildman–Crippen MR) is 128 cm³/mol. The van der Waals surface area contributed by atoms with Crippen molar-refractivity contribution in [2.75, 3.05) is 26.2 Å². The molecule has 3 N–H and O–H groups in total. The predicted octanol–water partition coefficient (Wildman–Crippen LogP) is 2.80. The van der Waals surface area contributed by atoms with Crippen molar-refractivity contribution in [3.05, 3.63) is 51.5 Å². The molecule has 1 amide bonds. The van der Waals surface area contributed by atoms with Gasteiger partial charge >= 0.3 is 6.09 Å². The second-order valence-corrected chi connectivity index (χ2v) is 10.9. The summed E-state index contributed by atoms with van der Waals surface area (Å²) in [5.74, 6) is 0. The Hall–Kier alpha value is -3.13. The van der Waals surface area contributed by atoms with E-state index in [2.05, 4.69) is 15.0 Å². The molecule has 180 valence electrons. The van der Waals surface area contributed by atoms with Gasteiger partial charge in [-0.1, -0.05) is 12.1 Å². The van der Waals surface area contributed by atoms with Crippen LogP contribution in [0.2, 0.25) is 0 Å². The molecule has 1 aromatic heterocycles. The summed E-state index contributed by atoms with van der Waals surface area (Å²) < 4.78 is 29.3. The Morgan fingerprint density at radius 3 is 2.91 bits per heavy atom. The number of aryl methyl sites for hydroxylation is 1. The second kappa shape index (κ2) is 9.62. The van der Waals surface area contributed by atoms with Crippen LogP contribution in [0.1, 0.15) is 11.4 Å². The Balaban J connectivity index is 1.58. The molecule has 13 heteroatoms. The Morgan fingerprint density at radius 2 is 2.18 bits per heavy atom. The summed E-state index contributed by atoms with van der Waals surface area (Å²) in [6, 6.07) is 9.22. The highest BCUT2D eigenvalue weighted by Gasteiger charge is 2.30. The van der Waals surface area contributed by atoms with Crippen LogP contribution in [0.15, 0.2) is 41.3 Å². The number of aromatic nitrogens is 1. The maximum Gasteiger partial charge on any atom is 0.407 e. The molecule has 1 atom stereocenters. The first-order chi connectivity index (χ1) is 16.2. The molecule has 0 aliphatic carbocycles. The summed E-state index contributed by atoms with van der Waals surface area (Å²) in [4.78, 5) is 27.7. The van der Waals surface area contributed by atoms with E-state index >= 15 is 0 Å². The molecule has 0 unspecified atom stereocenters. The molecule has 11 nitrogen and oxygen atoms in total. The van der Waals surface area contributed by atoms with Crippen molar-refractivity contribution in [1.29, 1.82) is 0 Å². The van der Waals surface area contributed by atoms with Gasteiger partial charge in [-0.3, -0.25) is 10.1 Å². The lowest BCUT2D eigenvalue weighted by Crippen LogP contribution is -2.53. The Morgan fingerprint density at radius 1 is 1.38 bits per heavy atom. The Labute approximate surface area is 199 Å². The molecule has 1 aliphatic heterocycles. The summed E-state index contributed by atoms with van der Waals surface area (Å²) in [5.41, 5.74) is 1.01. The highest BCUT2D eigenvalue weighted by atomic mass is 32.2. The maximum atomic E-state index is 13.0. The number of nitrogens with one attached hydrogen (secondary N) is 2. The molecule has 2 aromatic carbocycles. The molecule has 1 fully saturated rings. The first-order valence-corrected chi connectivity index (χ1v) is 12.8. The minimum Gasteiger partial charge on any atom is -0.465 e. The van der Waals surface area contributed by atoms with Crippen LogP contribution >= 0.6 is 11.3 Å². The van der Waals surface area contributed by atoms with E-state index in [1.165, 1.54) is 34.4 Å². The van der Waals surface area contributed by atoms with Gasteiger partial charge in [0.2, 0.25) is 10.0 Å². The van der Waals surface area contributed by atoms with Gasteiger partial charge in [-0.25, -0.2) is 22.9 Å². The van der Waals surface area contributed by atoms with Crippen molar-refractivity contribution in [3.8, 4) is 11.1 Å². The van der Waals surface area contributed by atoms with E-state index in [1.807, 2.05) is 6.92 Å². The number of thiazole rings is 1. The Bertz CT molecular complexity index is 1360. The fourth-order valence-corrected chi connectivity index (χ4v) is 6.11. The zero-order chi connectivity index (χ0) is 24.5. The van der Waals surface area contributed by atoms with Gasteiger partial charge < -0.3 is 15.3 Å². The lowest BCUT2D eigenvalue weighted by Gasteiger charge is -2.31. The lowest BCUT2D eigenvalue weighted by molar-refractivity contribution is -0.387. The highest BCUT2D eigenvalue weighted by Crippen LogP contribution is 2.37. The average Bonchev–Trinajstić information content (AvgIpc) is 3.17. The minimum absolute atomic E-state index is 0.000934. The minimum atomic E-state index is -4.19. The van der Waals surface area contributed by atoms with Gasteiger partial charge in [-0.15, -0.1) is 11.3 Å². The van der Waals surface area contributed by atoms with Gasteiger partial charge in [0, 0.05) is 32.2 Å². The van der Waals surface area contributed by atoms with Crippen molar-refractivity contribution in [2.24, 2.45) is 0 Å². The standard InChI is InChI=1S/C21H23N5O6S2/c1-13-24-17-6-5-14(11-18(17)33-13)16-3-2-4-19(20(16)26(29)30)34(31,32)23-8-7-15-12-25(21(27)28)10-9-22-15/h2-6,11,15,22-23H,7-10,12H2,1H3,(H,27,28)/t15-/m1/s1. The van der Waals surface area contributed by atoms with Crippen molar-refractivity contribution in [1.82, 2.24) is 19.9 Å². The smallest absolute Gasteiger partial charge is 0.407 e. The number of hydrogen-bond donors (Lipinski definition) is 3. The van der Waals surface area contributed by atoms with Crippen LogP contribution in [0.3, 0.4) is 0 Å². The first-order valence-electron chi connectivity index (χ1n) is 10.5.